The second kappa shape index (κ2) is 10.7. The second-order valence-corrected chi connectivity index (χ2v) is 10.1. The number of nitrogens with one attached hydrogen (secondary N) is 1. The van der Waals surface area contributed by atoms with Crippen LogP contribution in [0.3, 0.4) is 0 Å². The fourth-order valence-corrected chi connectivity index (χ4v) is 5.24. The molecule has 7 heteroatoms. The third-order valence-corrected chi connectivity index (χ3v) is 7.52. The van der Waals surface area contributed by atoms with E-state index >= 15 is 0 Å². The molecule has 1 aromatic heterocycles. The van der Waals surface area contributed by atoms with Gasteiger partial charge >= 0.3 is 0 Å². The molecule has 1 aliphatic rings. The Morgan fingerprint density at radius 3 is 2.34 bits per heavy atom. The normalized spacial score (nSPS) is 14.4. The van der Waals surface area contributed by atoms with E-state index in [0.29, 0.717) is 17.0 Å². The number of imidazole rings is 1. The molecule has 38 heavy (non-hydrogen) atoms. The van der Waals surface area contributed by atoms with Gasteiger partial charge in [0.1, 0.15) is 17.6 Å². The van der Waals surface area contributed by atoms with Gasteiger partial charge in [-0.05, 0) is 74.7 Å². The summed E-state index contributed by atoms with van der Waals surface area (Å²) in [5, 5.41) is 3.24. The van der Waals surface area contributed by atoms with Crippen molar-refractivity contribution < 1.29 is 14.3 Å². The van der Waals surface area contributed by atoms with E-state index in [1.165, 1.54) is 0 Å². The molecule has 4 aromatic rings. The van der Waals surface area contributed by atoms with E-state index in [1.54, 1.807) is 12.0 Å². The highest BCUT2D eigenvalue weighted by Crippen LogP contribution is 2.32. The number of hydrogen-bond donors (Lipinski definition) is 1. The number of anilines is 1. The minimum atomic E-state index is -0.849. The minimum absolute atomic E-state index is 0.121. The lowest BCUT2D eigenvalue weighted by Gasteiger charge is -2.32. The van der Waals surface area contributed by atoms with Crippen molar-refractivity contribution >= 4 is 28.5 Å². The lowest BCUT2D eigenvalue weighted by Crippen LogP contribution is -2.46. The Morgan fingerprint density at radius 1 is 1.00 bits per heavy atom. The molecular weight excluding hydrogens is 476 g/mol. The Balaban J connectivity index is 1.63. The number of benzene rings is 3. The van der Waals surface area contributed by atoms with Crippen LogP contribution in [0.4, 0.5) is 5.69 Å². The summed E-state index contributed by atoms with van der Waals surface area (Å²) < 4.78 is 7.35. The van der Waals surface area contributed by atoms with Crippen LogP contribution in [0.15, 0.2) is 66.7 Å². The molecule has 1 heterocycles. The Bertz CT molecular complexity index is 1450. The molecule has 0 spiro atoms. The largest absolute Gasteiger partial charge is 0.497 e. The number of nitrogens with zero attached hydrogens (tertiary/aromatic N) is 3. The van der Waals surface area contributed by atoms with Gasteiger partial charge in [-0.25, -0.2) is 4.98 Å². The average molecular weight is 511 g/mol. The average Bonchev–Trinajstić information content (AvgIpc) is 3.54. The van der Waals surface area contributed by atoms with Crippen molar-refractivity contribution in [1.29, 1.82) is 0 Å². The van der Waals surface area contributed by atoms with E-state index in [4.69, 9.17) is 4.74 Å². The molecule has 0 bridgehead atoms. The number of ether oxygens (including phenoxy) is 1. The summed E-state index contributed by atoms with van der Waals surface area (Å²) in [4.78, 5) is 34.5. The molecule has 0 aliphatic heterocycles. The van der Waals surface area contributed by atoms with E-state index in [2.05, 4.69) is 10.3 Å². The van der Waals surface area contributed by atoms with Crippen LogP contribution in [0.2, 0.25) is 0 Å². The highest BCUT2D eigenvalue weighted by atomic mass is 16.5. The van der Waals surface area contributed by atoms with Crippen LogP contribution in [-0.2, 0) is 11.8 Å². The molecule has 0 saturated heterocycles. The molecule has 1 fully saturated rings. The number of hydrogen-bond acceptors (Lipinski definition) is 4. The van der Waals surface area contributed by atoms with E-state index in [-0.39, 0.29) is 17.9 Å². The van der Waals surface area contributed by atoms with Crippen molar-refractivity contribution in [1.82, 2.24) is 14.9 Å². The summed E-state index contributed by atoms with van der Waals surface area (Å²) in [5.41, 5.74) is 4.61. The highest BCUT2D eigenvalue weighted by Gasteiger charge is 2.35. The van der Waals surface area contributed by atoms with Crippen molar-refractivity contribution in [2.75, 3.05) is 12.0 Å². The molecule has 196 valence electrons. The molecule has 1 aliphatic carbocycles. The molecule has 3 aromatic carbocycles. The Hall–Kier alpha value is -4.13. The number of rotatable bonds is 7. The maximum Gasteiger partial charge on any atom is 0.259 e. The number of aromatic nitrogens is 2. The van der Waals surface area contributed by atoms with E-state index in [9.17, 15) is 9.59 Å². The summed E-state index contributed by atoms with van der Waals surface area (Å²) in [6.45, 7) is 3.94. The third-order valence-electron chi connectivity index (χ3n) is 7.52. The van der Waals surface area contributed by atoms with Gasteiger partial charge in [0.2, 0.25) is 5.91 Å². The molecule has 1 N–H and O–H groups in total. The van der Waals surface area contributed by atoms with Crippen molar-refractivity contribution in [3.05, 3.63) is 89.2 Å². The fraction of sp³-hybridized carbons (Fsp3) is 0.323. The maximum atomic E-state index is 14.3. The van der Waals surface area contributed by atoms with Gasteiger partial charge in [-0.1, -0.05) is 42.7 Å². The first-order valence-electron chi connectivity index (χ1n) is 13.1. The Labute approximate surface area is 223 Å². The van der Waals surface area contributed by atoms with Crippen LogP contribution in [0.1, 0.15) is 59.0 Å². The first-order valence-corrected chi connectivity index (χ1v) is 13.1. The zero-order valence-electron chi connectivity index (χ0n) is 22.4. The predicted octanol–water partition coefficient (Wildman–Crippen LogP) is 5.65. The van der Waals surface area contributed by atoms with Crippen LogP contribution in [0.25, 0.3) is 11.0 Å². The van der Waals surface area contributed by atoms with Gasteiger partial charge in [-0.15, -0.1) is 0 Å². The smallest absolute Gasteiger partial charge is 0.259 e. The highest BCUT2D eigenvalue weighted by molar-refractivity contribution is 6.11. The van der Waals surface area contributed by atoms with E-state index < -0.39 is 6.04 Å². The lowest BCUT2D eigenvalue weighted by molar-refractivity contribution is -0.123. The Kier molecular flexibility index (Phi) is 7.18. The summed E-state index contributed by atoms with van der Waals surface area (Å²) >= 11 is 0. The monoisotopic (exact) mass is 510 g/mol. The van der Waals surface area contributed by atoms with Crippen LogP contribution >= 0.6 is 0 Å². The molecule has 1 saturated carbocycles. The zero-order valence-corrected chi connectivity index (χ0v) is 22.4. The van der Waals surface area contributed by atoms with Gasteiger partial charge in [-0.2, -0.15) is 0 Å². The third kappa shape index (κ3) is 5.01. The fourth-order valence-electron chi connectivity index (χ4n) is 5.24. The molecule has 0 radical (unpaired) electrons. The lowest BCUT2D eigenvalue weighted by atomic mass is 9.99. The van der Waals surface area contributed by atoms with Crippen LogP contribution < -0.4 is 15.0 Å². The van der Waals surface area contributed by atoms with Crippen LogP contribution in [-0.4, -0.2) is 34.5 Å². The molecule has 0 unspecified atom stereocenters. The summed E-state index contributed by atoms with van der Waals surface area (Å²) in [7, 11) is 3.56. The van der Waals surface area contributed by atoms with Crippen molar-refractivity contribution in [3.8, 4) is 5.75 Å². The molecular formula is C31H34N4O3. The summed E-state index contributed by atoms with van der Waals surface area (Å²) in [6, 6.07) is 19.9. The summed E-state index contributed by atoms with van der Waals surface area (Å²) in [5.74, 6) is 1.09. The van der Waals surface area contributed by atoms with Gasteiger partial charge < -0.3 is 14.6 Å². The van der Waals surface area contributed by atoms with Crippen molar-refractivity contribution in [2.45, 2.75) is 51.6 Å². The standard InChI is InChI=1S/C31H34N4O3/c1-20-9-11-22(12-10-20)29(30(36)33-24-7-5-6-8-24)35(25-14-16-26(38-4)17-15-25)31(37)23-13-18-28-27(19-23)32-21(2)34(28)3/h9-19,24,29H,5-8H2,1-4H3,(H,33,36)/t29-/m1/s1. The number of fused-ring (bicyclic) bond motifs is 1. The quantitative estimate of drug-likeness (QED) is 0.349. The number of carbonyl (C=O) groups is 2. The maximum absolute atomic E-state index is 14.3. The molecule has 7 nitrogen and oxygen atoms in total. The first-order chi connectivity index (χ1) is 18.4. The second-order valence-electron chi connectivity index (χ2n) is 10.1. The SMILES string of the molecule is COc1ccc(N(C(=O)c2ccc3c(c2)nc(C)n3C)[C@@H](C(=O)NC2CCCC2)c2ccc(C)cc2)cc1. The molecule has 1 atom stereocenters. The van der Waals surface area contributed by atoms with Crippen LogP contribution in [0, 0.1) is 13.8 Å². The van der Waals surface area contributed by atoms with Crippen molar-refractivity contribution in [2.24, 2.45) is 7.05 Å². The predicted molar refractivity (Wildman–Crippen MR) is 150 cm³/mol. The minimum Gasteiger partial charge on any atom is -0.497 e. The molecule has 2 amide bonds. The van der Waals surface area contributed by atoms with Gasteiger partial charge in [0, 0.05) is 24.3 Å². The van der Waals surface area contributed by atoms with Gasteiger partial charge in [0.15, 0.2) is 0 Å². The van der Waals surface area contributed by atoms with Crippen molar-refractivity contribution in [3.63, 3.8) is 0 Å². The van der Waals surface area contributed by atoms with E-state index in [1.807, 2.05) is 92.2 Å². The number of amides is 2. The molecule has 5 rings (SSSR count). The number of methoxy groups -OCH3 is 1. The topological polar surface area (TPSA) is 76.5 Å². The van der Waals surface area contributed by atoms with Gasteiger partial charge in [-0.3, -0.25) is 14.5 Å². The van der Waals surface area contributed by atoms with Gasteiger partial charge in [0.25, 0.3) is 5.91 Å². The summed E-state index contributed by atoms with van der Waals surface area (Å²) in [6.07, 6.45) is 4.12. The Morgan fingerprint density at radius 2 is 1.68 bits per heavy atom. The number of carbonyl (C=O) groups excluding carboxylic acids is 2. The zero-order chi connectivity index (χ0) is 26.8. The van der Waals surface area contributed by atoms with Crippen LogP contribution in [0.5, 0.6) is 5.75 Å². The number of aryl methyl sites for hydroxylation is 3. The van der Waals surface area contributed by atoms with E-state index in [0.717, 1.165) is 53.7 Å². The van der Waals surface area contributed by atoms with Gasteiger partial charge in [0.05, 0.1) is 18.1 Å². The first kappa shape index (κ1) is 25.5.